The number of carbonyl (C=O) groups is 1. The van der Waals surface area contributed by atoms with Gasteiger partial charge in [-0.1, -0.05) is 28.1 Å². The highest BCUT2D eigenvalue weighted by Crippen LogP contribution is 2.10. The molecule has 1 aromatic carbocycles. The predicted octanol–water partition coefficient (Wildman–Crippen LogP) is 2.79. The molecular weight excluding hydrogens is 223 g/mol. The quantitative estimate of drug-likeness (QED) is 0.565. The van der Waals surface area contributed by atoms with Crippen LogP contribution in [0.5, 0.6) is 0 Å². The third-order valence-corrected chi connectivity index (χ3v) is 1.89. The maximum atomic E-state index is 12.6. The third-order valence-electron chi connectivity index (χ3n) is 1.47. The van der Waals surface area contributed by atoms with Crippen LogP contribution in [0.2, 0.25) is 0 Å². The molecule has 0 aromatic heterocycles. The van der Waals surface area contributed by atoms with E-state index in [2.05, 4.69) is 15.9 Å². The predicted molar refractivity (Wildman–Crippen MR) is 49.1 cm³/mol. The molecule has 0 saturated heterocycles. The first-order chi connectivity index (χ1) is 5.61. The molecule has 0 radical (unpaired) electrons. The Hall–Kier alpha value is -0.700. The average molecular weight is 231 g/mol. The third kappa shape index (κ3) is 2.14. The van der Waals surface area contributed by atoms with Crippen LogP contribution in [0.4, 0.5) is 4.39 Å². The summed E-state index contributed by atoms with van der Waals surface area (Å²) < 4.78 is 12.6. The van der Waals surface area contributed by atoms with Crippen molar-refractivity contribution < 1.29 is 9.18 Å². The van der Waals surface area contributed by atoms with E-state index < -0.39 is 0 Å². The largest absolute Gasteiger partial charge is 0.293 e. The monoisotopic (exact) mass is 230 g/mol. The number of ketones is 1. The minimum absolute atomic E-state index is 0.102. The molecule has 0 N–H and O–H groups in total. The minimum atomic E-state index is -0.381. The normalized spacial score (nSPS) is 12.6. The van der Waals surface area contributed by atoms with Gasteiger partial charge in [0.15, 0.2) is 5.78 Å². The zero-order valence-corrected chi connectivity index (χ0v) is 8.14. The summed E-state index contributed by atoms with van der Waals surface area (Å²) in [6, 6.07) is 5.68. The van der Waals surface area contributed by atoms with Crippen molar-refractivity contribution >= 4 is 21.7 Å². The van der Waals surface area contributed by atoms with Crippen molar-refractivity contribution in [2.24, 2.45) is 0 Å². The van der Waals surface area contributed by atoms with Crippen LogP contribution in [0.15, 0.2) is 24.3 Å². The summed E-state index contributed by atoms with van der Waals surface area (Å²) in [5.41, 5.74) is 0.402. The zero-order valence-electron chi connectivity index (χ0n) is 6.55. The molecule has 1 aromatic rings. The van der Waals surface area contributed by atoms with Gasteiger partial charge >= 0.3 is 0 Å². The van der Waals surface area contributed by atoms with E-state index in [-0.39, 0.29) is 16.4 Å². The molecule has 1 rings (SSSR count). The Morgan fingerprint density at radius 3 is 2.75 bits per heavy atom. The number of benzene rings is 1. The first-order valence-corrected chi connectivity index (χ1v) is 4.46. The Bertz CT molecular complexity index is 296. The van der Waals surface area contributed by atoms with Gasteiger partial charge in [-0.15, -0.1) is 0 Å². The number of halogens is 2. The molecule has 0 spiro atoms. The van der Waals surface area contributed by atoms with Crippen molar-refractivity contribution in [2.75, 3.05) is 0 Å². The number of rotatable bonds is 2. The van der Waals surface area contributed by atoms with Gasteiger partial charge < -0.3 is 0 Å². The summed E-state index contributed by atoms with van der Waals surface area (Å²) in [5.74, 6) is -0.483. The Kier molecular flexibility index (Phi) is 2.98. The van der Waals surface area contributed by atoms with E-state index in [4.69, 9.17) is 0 Å². The fourth-order valence-corrected chi connectivity index (χ4v) is 1.14. The standard InChI is InChI=1S/C9H8BrFO/c1-6(10)9(12)7-3-2-4-8(11)5-7/h2-6H,1H3/t6-/m0/s1. The molecule has 3 heteroatoms. The van der Waals surface area contributed by atoms with Gasteiger partial charge in [0.2, 0.25) is 0 Å². The van der Waals surface area contributed by atoms with Gasteiger partial charge in [-0.05, 0) is 19.1 Å². The lowest BCUT2D eigenvalue weighted by Gasteiger charge is -2.01. The van der Waals surface area contributed by atoms with Gasteiger partial charge in [0, 0.05) is 5.56 Å². The summed E-state index contributed by atoms with van der Waals surface area (Å²) in [7, 11) is 0. The smallest absolute Gasteiger partial charge is 0.176 e. The van der Waals surface area contributed by atoms with E-state index in [1.54, 1.807) is 13.0 Å². The molecule has 1 nitrogen and oxygen atoms in total. The van der Waals surface area contributed by atoms with Gasteiger partial charge in [0.1, 0.15) is 5.82 Å². The fourth-order valence-electron chi connectivity index (χ4n) is 0.871. The summed E-state index contributed by atoms with van der Waals surface area (Å²) >= 11 is 3.13. The van der Waals surface area contributed by atoms with Gasteiger partial charge in [0.05, 0.1) is 4.83 Å². The second-order valence-electron chi connectivity index (χ2n) is 2.49. The minimum Gasteiger partial charge on any atom is -0.293 e. The molecule has 0 saturated carbocycles. The van der Waals surface area contributed by atoms with Crippen molar-refractivity contribution in [1.82, 2.24) is 0 Å². The van der Waals surface area contributed by atoms with Gasteiger partial charge in [-0.3, -0.25) is 4.79 Å². The molecule has 0 aliphatic rings. The van der Waals surface area contributed by atoms with Crippen LogP contribution in [0, 0.1) is 5.82 Å². The maximum Gasteiger partial charge on any atom is 0.176 e. The lowest BCUT2D eigenvalue weighted by atomic mass is 10.1. The number of hydrogen-bond acceptors (Lipinski definition) is 1. The van der Waals surface area contributed by atoms with E-state index in [1.807, 2.05) is 0 Å². The Morgan fingerprint density at radius 1 is 1.58 bits per heavy atom. The molecule has 1 atom stereocenters. The van der Waals surface area contributed by atoms with Crippen LogP contribution in [0.1, 0.15) is 17.3 Å². The fraction of sp³-hybridized carbons (Fsp3) is 0.222. The lowest BCUT2D eigenvalue weighted by Crippen LogP contribution is -2.09. The van der Waals surface area contributed by atoms with E-state index in [9.17, 15) is 9.18 Å². The summed E-state index contributed by atoms with van der Waals surface area (Å²) in [6.07, 6.45) is 0. The molecule has 0 bridgehead atoms. The van der Waals surface area contributed by atoms with Crippen molar-refractivity contribution in [3.05, 3.63) is 35.6 Å². The Labute approximate surface area is 78.7 Å². The molecule has 12 heavy (non-hydrogen) atoms. The van der Waals surface area contributed by atoms with E-state index in [0.29, 0.717) is 5.56 Å². The van der Waals surface area contributed by atoms with Gasteiger partial charge in [-0.2, -0.15) is 0 Å². The second kappa shape index (κ2) is 3.81. The van der Waals surface area contributed by atoms with E-state index in [1.165, 1.54) is 18.2 Å². The van der Waals surface area contributed by atoms with Crippen molar-refractivity contribution in [3.63, 3.8) is 0 Å². The Balaban J connectivity index is 2.96. The topological polar surface area (TPSA) is 17.1 Å². The molecule has 0 aliphatic carbocycles. The summed E-state index contributed by atoms with van der Waals surface area (Å²) in [5, 5.41) is 0. The molecular formula is C9H8BrFO. The van der Waals surface area contributed by atoms with Crippen LogP contribution < -0.4 is 0 Å². The van der Waals surface area contributed by atoms with Crippen LogP contribution in [0.25, 0.3) is 0 Å². The average Bonchev–Trinajstić information content (AvgIpc) is 2.03. The molecule has 0 heterocycles. The number of alkyl halides is 1. The summed E-state index contributed by atoms with van der Waals surface area (Å²) in [6.45, 7) is 1.72. The highest BCUT2D eigenvalue weighted by atomic mass is 79.9. The molecule has 0 aliphatic heterocycles. The number of carbonyl (C=O) groups excluding carboxylic acids is 1. The van der Waals surface area contributed by atoms with E-state index >= 15 is 0 Å². The van der Waals surface area contributed by atoms with Crippen molar-refractivity contribution in [2.45, 2.75) is 11.8 Å². The number of hydrogen-bond donors (Lipinski definition) is 0. The van der Waals surface area contributed by atoms with Crippen molar-refractivity contribution in [3.8, 4) is 0 Å². The highest BCUT2D eigenvalue weighted by molar-refractivity contribution is 9.10. The Morgan fingerprint density at radius 2 is 2.25 bits per heavy atom. The first kappa shape index (κ1) is 9.39. The number of Topliss-reactive ketones (excluding diaryl/α,β-unsaturated/α-hetero) is 1. The lowest BCUT2D eigenvalue weighted by molar-refractivity contribution is 0.0995. The molecule has 0 unspecified atom stereocenters. The first-order valence-electron chi connectivity index (χ1n) is 3.55. The van der Waals surface area contributed by atoms with Crippen LogP contribution in [0.3, 0.4) is 0 Å². The van der Waals surface area contributed by atoms with Gasteiger partial charge in [0.25, 0.3) is 0 Å². The van der Waals surface area contributed by atoms with Crippen molar-refractivity contribution in [1.29, 1.82) is 0 Å². The SMILES string of the molecule is C[C@H](Br)C(=O)c1cccc(F)c1. The van der Waals surface area contributed by atoms with Gasteiger partial charge in [-0.25, -0.2) is 4.39 Å². The summed E-state index contributed by atoms with van der Waals surface area (Å²) in [4.78, 5) is 11.0. The van der Waals surface area contributed by atoms with Crippen LogP contribution in [-0.4, -0.2) is 10.6 Å². The molecule has 0 fully saturated rings. The highest BCUT2D eigenvalue weighted by Gasteiger charge is 2.11. The maximum absolute atomic E-state index is 12.6. The van der Waals surface area contributed by atoms with Crippen LogP contribution in [-0.2, 0) is 0 Å². The molecule has 64 valence electrons. The zero-order chi connectivity index (χ0) is 9.14. The van der Waals surface area contributed by atoms with E-state index in [0.717, 1.165) is 0 Å². The van der Waals surface area contributed by atoms with Crippen LogP contribution >= 0.6 is 15.9 Å². The second-order valence-corrected chi connectivity index (χ2v) is 3.86. The molecule has 0 amide bonds.